The van der Waals surface area contributed by atoms with Gasteiger partial charge in [0.2, 0.25) is 0 Å². The second-order valence-corrected chi connectivity index (χ2v) is 25.2. The lowest BCUT2D eigenvalue weighted by Gasteiger charge is -2.15. The van der Waals surface area contributed by atoms with Crippen LogP contribution >= 0.6 is 11.3 Å². The van der Waals surface area contributed by atoms with Crippen LogP contribution in [0.2, 0.25) is 0 Å². The van der Waals surface area contributed by atoms with E-state index in [-0.39, 0.29) is 0 Å². The van der Waals surface area contributed by atoms with E-state index >= 15 is 0 Å². The van der Waals surface area contributed by atoms with E-state index in [1.54, 1.807) is 0 Å². The van der Waals surface area contributed by atoms with Gasteiger partial charge in [0.25, 0.3) is 0 Å². The van der Waals surface area contributed by atoms with Gasteiger partial charge in [0, 0.05) is 20.2 Å². The molecule has 19 aromatic rings. The Balaban J connectivity index is 0.000000131. The van der Waals surface area contributed by atoms with E-state index in [1.807, 2.05) is 11.3 Å². The average Bonchev–Trinajstić information content (AvgIpc) is 1.93. The quantitative estimate of drug-likeness (QED) is 0.122. The Bertz CT molecular complexity index is 5980. The maximum atomic E-state index is 2.45. The summed E-state index contributed by atoms with van der Waals surface area (Å²) in [6.07, 6.45) is 0. The molecule has 18 aromatic carbocycles. The number of rotatable bonds is 4. The monoisotopic (exact) mass is 1140 g/mol. The van der Waals surface area contributed by atoms with Crippen molar-refractivity contribution in [3.8, 4) is 66.8 Å². The minimum Gasteiger partial charge on any atom is -0.135 e. The van der Waals surface area contributed by atoms with Crippen molar-refractivity contribution in [3.63, 3.8) is 0 Å². The van der Waals surface area contributed by atoms with Crippen molar-refractivity contribution < 1.29 is 0 Å². The Morgan fingerprint density at radius 3 is 0.955 bits per heavy atom. The van der Waals surface area contributed by atoms with Gasteiger partial charge in [-0.15, -0.1) is 11.3 Å². The van der Waals surface area contributed by atoms with Crippen molar-refractivity contribution in [2.45, 2.75) is 0 Å². The van der Waals surface area contributed by atoms with Crippen LogP contribution in [-0.4, -0.2) is 0 Å². The average molecular weight is 1140 g/mol. The Hall–Kier alpha value is -11.2. The van der Waals surface area contributed by atoms with Gasteiger partial charge in [-0.2, -0.15) is 0 Å². The molecule has 0 atom stereocenters. The predicted molar refractivity (Wildman–Crippen MR) is 387 cm³/mol. The van der Waals surface area contributed by atoms with Gasteiger partial charge in [0.15, 0.2) is 0 Å². The summed E-state index contributed by atoms with van der Waals surface area (Å²) in [6.45, 7) is 0. The maximum Gasteiger partial charge on any atom is 0.0355 e. The fourth-order valence-corrected chi connectivity index (χ4v) is 16.4. The Kier molecular flexibility index (Phi) is 11.0. The molecule has 0 amide bonds. The Morgan fingerprint density at radius 1 is 0.157 bits per heavy atom. The van der Waals surface area contributed by atoms with E-state index < -0.39 is 0 Å². The molecular weight excluding hydrogens is 1090 g/mol. The number of hydrogen-bond acceptors (Lipinski definition) is 1. The molecule has 1 aliphatic rings. The summed E-state index contributed by atoms with van der Waals surface area (Å²) in [5, 5.41) is 28.6. The zero-order valence-corrected chi connectivity index (χ0v) is 49.2. The second kappa shape index (κ2) is 19.7. The van der Waals surface area contributed by atoms with Gasteiger partial charge >= 0.3 is 0 Å². The molecular formula is C88H52S. The summed E-state index contributed by atoms with van der Waals surface area (Å²) in [7, 11) is 0. The van der Waals surface area contributed by atoms with E-state index in [1.165, 1.54) is 195 Å². The summed E-state index contributed by atoms with van der Waals surface area (Å²) in [5.41, 5.74) is 15.6. The van der Waals surface area contributed by atoms with Crippen LogP contribution in [0.25, 0.3) is 195 Å². The van der Waals surface area contributed by atoms with Crippen molar-refractivity contribution in [3.05, 3.63) is 315 Å². The molecule has 0 aliphatic heterocycles. The van der Waals surface area contributed by atoms with E-state index in [0.29, 0.717) is 0 Å². The highest BCUT2D eigenvalue weighted by Gasteiger charge is 2.23. The molecule has 0 nitrogen and oxygen atoms in total. The molecule has 1 heteroatoms. The van der Waals surface area contributed by atoms with Gasteiger partial charge in [-0.1, -0.05) is 273 Å². The Labute approximate surface area is 518 Å². The molecule has 1 aliphatic carbocycles. The third kappa shape index (κ3) is 7.72. The first-order valence-electron chi connectivity index (χ1n) is 30.9. The first-order chi connectivity index (χ1) is 44.1. The van der Waals surface area contributed by atoms with Crippen molar-refractivity contribution in [2.75, 3.05) is 0 Å². The highest BCUT2D eigenvalue weighted by molar-refractivity contribution is 7.25. The standard InChI is InChI=1S/C48H28S.C40H24/c1-5-13-35-29(9-1)17-21-39-41(35)25-31-11-3-7-15-37(31)47(39)33-19-23-45-43(27-33)44-28-34(20-24-46(44)49-45)48-38-16-8-4-12-32(38)26-42-36-14-6-2-10-30(36)18-22-40(42)48;1-3-10-29-25(8-1)20-21-37-38(29)24-28-9-2-4-11-31(28)39(37)27-18-16-26(17-19-27)30-22-23-36-33-13-6-5-12-32(33)35-15-7-14-34(30)40(35)36/h1-28H;1-24H. The summed E-state index contributed by atoms with van der Waals surface area (Å²) in [6, 6.07) is 117. The molecule has 0 spiro atoms. The van der Waals surface area contributed by atoms with Crippen LogP contribution < -0.4 is 0 Å². The molecule has 0 bridgehead atoms. The normalized spacial score (nSPS) is 12.0. The lowest BCUT2D eigenvalue weighted by molar-refractivity contribution is 1.64. The largest absolute Gasteiger partial charge is 0.135 e. The van der Waals surface area contributed by atoms with Crippen LogP contribution in [0, 0.1) is 0 Å². The lowest BCUT2D eigenvalue weighted by atomic mass is 9.88. The smallest absolute Gasteiger partial charge is 0.0355 e. The summed E-state index contributed by atoms with van der Waals surface area (Å²) >= 11 is 1.89. The minimum absolute atomic E-state index is 1.25. The molecule has 0 unspecified atom stereocenters. The number of fused-ring (bicyclic) bond motifs is 18. The van der Waals surface area contributed by atoms with Gasteiger partial charge in [-0.3, -0.25) is 0 Å². The fourth-order valence-electron chi connectivity index (χ4n) is 15.4. The first-order valence-corrected chi connectivity index (χ1v) is 31.7. The van der Waals surface area contributed by atoms with Gasteiger partial charge in [0.05, 0.1) is 0 Å². The van der Waals surface area contributed by atoms with E-state index in [4.69, 9.17) is 0 Å². The van der Waals surface area contributed by atoms with E-state index in [2.05, 4.69) is 315 Å². The van der Waals surface area contributed by atoms with Crippen molar-refractivity contribution >= 4 is 139 Å². The van der Waals surface area contributed by atoms with Crippen LogP contribution in [-0.2, 0) is 0 Å². The third-order valence-electron chi connectivity index (χ3n) is 19.4. The van der Waals surface area contributed by atoms with Crippen LogP contribution in [0.15, 0.2) is 315 Å². The van der Waals surface area contributed by atoms with Gasteiger partial charge in [-0.05, 0) is 217 Å². The van der Waals surface area contributed by atoms with Crippen molar-refractivity contribution in [1.82, 2.24) is 0 Å². The van der Waals surface area contributed by atoms with Crippen LogP contribution in [0.3, 0.4) is 0 Å². The molecule has 89 heavy (non-hydrogen) atoms. The number of thiophene rings is 1. The SMILES string of the molecule is c1ccc2c(-c3ccc4sc5ccc(-c6c7ccccc7cc7c6ccc6ccccc67)cc5c4c3)c3ccc4ccccc4c3cc2c1.c1ccc2c(c1)-c1cccc3c(-c4ccc(-c5c6ccccc6cc6c5ccc5ccccc56)cc4)ccc-2c13. The van der Waals surface area contributed by atoms with Crippen LogP contribution in [0.5, 0.6) is 0 Å². The lowest BCUT2D eigenvalue weighted by Crippen LogP contribution is -1.88. The molecule has 0 fully saturated rings. The molecule has 0 N–H and O–H groups in total. The highest BCUT2D eigenvalue weighted by Crippen LogP contribution is 2.51. The molecule has 0 saturated carbocycles. The first kappa shape index (κ1) is 50.0. The molecule has 1 heterocycles. The topological polar surface area (TPSA) is 0 Å². The summed E-state index contributed by atoms with van der Waals surface area (Å²) < 4.78 is 2.64. The van der Waals surface area contributed by atoms with E-state index in [9.17, 15) is 0 Å². The second-order valence-electron chi connectivity index (χ2n) is 24.1. The van der Waals surface area contributed by atoms with Crippen molar-refractivity contribution in [1.29, 1.82) is 0 Å². The minimum atomic E-state index is 1.25. The van der Waals surface area contributed by atoms with Gasteiger partial charge < -0.3 is 0 Å². The molecule has 0 radical (unpaired) electrons. The predicted octanol–water partition coefficient (Wildman–Crippen LogP) is 25.6. The fraction of sp³-hybridized carbons (Fsp3) is 0. The van der Waals surface area contributed by atoms with Gasteiger partial charge in [0.1, 0.15) is 0 Å². The maximum absolute atomic E-state index is 2.45. The summed E-state index contributed by atoms with van der Waals surface area (Å²) in [5.74, 6) is 0. The number of benzene rings is 18. The molecule has 1 aromatic heterocycles. The molecule has 20 rings (SSSR count). The number of hydrogen-bond donors (Lipinski definition) is 0. The van der Waals surface area contributed by atoms with Crippen LogP contribution in [0.1, 0.15) is 0 Å². The van der Waals surface area contributed by atoms with E-state index in [0.717, 1.165) is 0 Å². The highest BCUT2D eigenvalue weighted by atomic mass is 32.1. The van der Waals surface area contributed by atoms with Crippen LogP contribution in [0.4, 0.5) is 0 Å². The third-order valence-corrected chi connectivity index (χ3v) is 20.5. The zero-order valence-electron chi connectivity index (χ0n) is 48.4. The summed E-state index contributed by atoms with van der Waals surface area (Å²) in [4.78, 5) is 0. The molecule has 0 saturated heterocycles. The van der Waals surface area contributed by atoms with Gasteiger partial charge in [-0.25, -0.2) is 0 Å². The van der Waals surface area contributed by atoms with Crippen molar-refractivity contribution in [2.24, 2.45) is 0 Å². The Morgan fingerprint density at radius 2 is 0.494 bits per heavy atom. The zero-order chi connectivity index (χ0) is 58.3. The molecule has 410 valence electrons.